The van der Waals surface area contributed by atoms with Crippen LogP contribution in [0.25, 0.3) is 0 Å². The predicted molar refractivity (Wildman–Crippen MR) is 75.4 cm³/mol. The molecule has 0 heterocycles. The predicted octanol–water partition coefficient (Wildman–Crippen LogP) is 2.37. The third-order valence-corrected chi connectivity index (χ3v) is 6.60. The summed E-state index contributed by atoms with van der Waals surface area (Å²) in [7, 11) is -2.88. The molecule has 0 aliphatic heterocycles. The summed E-state index contributed by atoms with van der Waals surface area (Å²) < 4.78 is 23.4. The van der Waals surface area contributed by atoms with Gasteiger partial charge in [0.05, 0.1) is 5.25 Å². The normalized spacial score (nSPS) is 37.9. The van der Waals surface area contributed by atoms with Crippen LogP contribution in [0.2, 0.25) is 0 Å². The Labute approximate surface area is 112 Å². The number of hydrogen-bond acceptors (Lipinski definition) is 3. The van der Waals surface area contributed by atoms with Crippen LogP contribution in [0.4, 0.5) is 0 Å². The molecule has 0 spiro atoms. The molecule has 1 N–H and O–H groups in total. The first-order valence-corrected chi connectivity index (χ1v) is 9.36. The van der Waals surface area contributed by atoms with Crippen LogP contribution in [-0.2, 0) is 9.84 Å². The Morgan fingerprint density at radius 3 is 2.44 bits per heavy atom. The molecule has 4 heteroatoms. The number of sulfone groups is 1. The van der Waals surface area contributed by atoms with Gasteiger partial charge < -0.3 is 5.32 Å². The molecule has 106 valence electrons. The van der Waals surface area contributed by atoms with E-state index in [1.807, 2.05) is 0 Å². The summed E-state index contributed by atoms with van der Waals surface area (Å²) in [4.78, 5) is 0. The molecule has 3 nitrogen and oxygen atoms in total. The van der Waals surface area contributed by atoms with Gasteiger partial charge in [0.2, 0.25) is 0 Å². The van der Waals surface area contributed by atoms with Crippen molar-refractivity contribution in [1.29, 1.82) is 0 Å². The van der Waals surface area contributed by atoms with Crippen molar-refractivity contribution in [2.24, 2.45) is 11.8 Å². The summed E-state index contributed by atoms with van der Waals surface area (Å²) in [5.74, 6) is 1.55. The molecule has 2 aliphatic carbocycles. The first-order chi connectivity index (χ1) is 8.48. The minimum atomic E-state index is -2.88. The second-order valence-electron chi connectivity index (χ2n) is 6.34. The molecule has 18 heavy (non-hydrogen) atoms. The van der Waals surface area contributed by atoms with Crippen LogP contribution < -0.4 is 5.32 Å². The van der Waals surface area contributed by atoms with Crippen molar-refractivity contribution in [3.8, 4) is 0 Å². The smallest absolute Gasteiger partial charge is 0.151 e. The van der Waals surface area contributed by atoms with Crippen LogP contribution in [0.15, 0.2) is 0 Å². The van der Waals surface area contributed by atoms with Gasteiger partial charge in [-0.1, -0.05) is 32.6 Å². The van der Waals surface area contributed by atoms with Crippen LogP contribution in [0.3, 0.4) is 0 Å². The van der Waals surface area contributed by atoms with E-state index in [1.54, 1.807) is 0 Å². The van der Waals surface area contributed by atoms with E-state index in [1.165, 1.54) is 31.9 Å². The minimum absolute atomic E-state index is 0.142. The Kier molecular flexibility index (Phi) is 4.70. The van der Waals surface area contributed by atoms with Crippen LogP contribution in [0, 0.1) is 11.8 Å². The van der Waals surface area contributed by atoms with Gasteiger partial charge in [-0.25, -0.2) is 8.42 Å². The van der Waals surface area contributed by atoms with Crippen molar-refractivity contribution in [1.82, 2.24) is 5.32 Å². The minimum Gasteiger partial charge on any atom is -0.312 e. The number of nitrogens with one attached hydrogen (secondary N) is 1. The monoisotopic (exact) mass is 273 g/mol. The molecule has 4 unspecified atom stereocenters. The Bertz CT molecular complexity index is 366. The highest BCUT2D eigenvalue weighted by Crippen LogP contribution is 2.30. The largest absolute Gasteiger partial charge is 0.312 e. The summed E-state index contributed by atoms with van der Waals surface area (Å²) in [5, 5.41) is 3.42. The lowest BCUT2D eigenvalue weighted by atomic mass is 9.80. The van der Waals surface area contributed by atoms with E-state index in [9.17, 15) is 8.42 Å². The van der Waals surface area contributed by atoms with Gasteiger partial charge in [0.1, 0.15) is 0 Å². The average Bonchev–Trinajstić information content (AvgIpc) is 2.76. The van der Waals surface area contributed by atoms with Crippen molar-refractivity contribution in [3.05, 3.63) is 0 Å². The fourth-order valence-electron chi connectivity index (χ4n) is 3.67. The standard InChI is InChI=1S/C14H27NO2S/c1-11-6-3-4-7-12(11)10-15-13-8-5-9-14(13)18(2,16)17/h11-15H,3-10H2,1-2H3. The van der Waals surface area contributed by atoms with E-state index in [-0.39, 0.29) is 11.3 Å². The Morgan fingerprint density at radius 1 is 1.06 bits per heavy atom. The van der Waals surface area contributed by atoms with Crippen LogP contribution >= 0.6 is 0 Å². The van der Waals surface area contributed by atoms with Crippen LogP contribution in [0.1, 0.15) is 51.9 Å². The maximum atomic E-state index is 11.7. The van der Waals surface area contributed by atoms with Crippen molar-refractivity contribution in [2.75, 3.05) is 12.8 Å². The second kappa shape index (κ2) is 5.91. The van der Waals surface area contributed by atoms with Gasteiger partial charge in [-0.3, -0.25) is 0 Å². The lowest BCUT2D eigenvalue weighted by molar-refractivity contribution is 0.241. The van der Waals surface area contributed by atoms with E-state index >= 15 is 0 Å². The van der Waals surface area contributed by atoms with Crippen molar-refractivity contribution in [2.45, 2.75) is 63.2 Å². The van der Waals surface area contributed by atoms with Crippen LogP contribution in [-0.4, -0.2) is 32.5 Å². The van der Waals surface area contributed by atoms with E-state index in [2.05, 4.69) is 12.2 Å². The van der Waals surface area contributed by atoms with Gasteiger partial charge in [-0.15, -0.1) is 0 Å². The third kappa shape index (κ3) is 3.47. The lowest BCUT2D eigenvalue weighted by Gasteiger charge is -2.31. The summed E-state index contributed by atoms with van der Waals surface area (Å²) in [6.07, 6.45) is 9.67. The fourth-order valence-corrected chi connectivity index (χ4v) is 5.09. The maximum absolute atomic E-state index is 11.7. The zero-order valence-corrected chi connectivity index (χ0v) is 12.5. The molecule has 0 bridgehead atoms. The highest BCUT2D eigenvalue weighted by molar-refractivity contribution is 7.91. The average molecular weight is 273 g/mol. The molecule has 0 aromatic heterocycles. The number of rotatable bonds is 4. The Balaban J connectivity index is 1.85. The zero-order valence-electron chi connectivity index (χ0n) is 11.7. The van der Waals surface area contributed by atoms with E-state index in [4.69, 9.17) is 0 Å². The second-order valence-corrected chi connectivity index (χ2v) is 8.60. The highest BCUT2D eigenvalue weighted by Gasteiger charge is 2.35. The van der Waals surface area contributed by atoms with Gasteiger partial charge in [0, 0.05) is 12.3 Å². The van der Waals surface area contributed by atoms with Gasteiger partial charge in [-0.05, 0) is 37.6 Å². The summed E-state index contributed by atoms with van der Waals surface area (Å²) in [5.41, 5.74) is 0. The molecule has 2 aliphatic rings. The Hall–Kier alpha value is -0.0900. The summed E-state index contributed by atoms with van der Waals surface area (Å²) >= 11 is 0. The number of hydrogen-bond donors (Lipinski definition) is 1. The van der Waals surface area contributed by atoms with E-state index < -0.39 is 9.84 Å². The molecule has 4 atom stereocenters. The van der Waals surface area contributed by atoms with Crippen molar-refractivity contribution < 1.29 is 8.42 Å². The molecule has 0 amide bonds. The van der Waals surface area contributed by atoms with Gasteiger partial charge in [0.25, 0.3) is 0 Å². The molecular formula is C14H27NO2S. The molecule has 0 aromatic carbocycles. The first kappa shape index (κ1) is 14.3. The maximum Gasteiger partial charge on any atom is 0.151 e. The van der Waals surface area contributed by atoms with Gasteiger partial charge >= 0.3 is 0 Å². The zero-order chi connectivity index (χ0) is 13.2. The molecule has 0 aromatic rings. The van der Waals surface area contributed by atoms with Crippen LogP contribution in [0.5, 0.6) is 0 Å². The van der Waals surface area contributed by atoms with Gasteiger partial charge in [0.15, 0.2) is 9.84 Å². The quantitative estimate of drug-likeness (QED) is 0.855. The first-order valence-electron chi connectivity index (χ1n) is 7.40. The molecule has 0 radical (unpaired) electrons. The van der Waals surface area contributed by atoms with Crippen molar-refractivity contribution >= 4 is 9.84 Å². The molecule has 2 saturated carbocycles. The molecule has 0 saturated heterocycles. The fraction of sp³-hybridized carbons (Fsp3) is 1.00. The summed E-state index contributed by atoms with van der Waals surface area (Å²) in [6, 6.07) is 0.203. The van der Waals surface area contributed by atoms with Crippen molar-refractivity contribution in [3.63, 3.8) is 0 Å². The molecular weight excluding hydrogens is 246 g/mol. The summed E-state index contributed by atoms with van der Waals surface area (Å²) in [6.45, 7) is 3.35. The third-order valence-electron chi connectivity index (χ3n) is 4.93. The Morgan fingerprint density at radius 2 is 1.78 bits per heavy atom. The van der Waals surface area contributed by atoms with Gasteiger partial charge in [-0.2, -0.15) is 0 Å². The molecule has 2 rings (SSSR count). The van der Waals surface area contributed by atoms with E-state index in [0.29, 0.717) is 0 Å². The SMILES string of the molecule is CC1CCCCC1CNC1CCCC1S(C)(=O)=O. The highest BCUT2D eigenvalue weighted by atomic mass is 32.2. The lowest BCUT2D eigenvalue weighted by Crippen LogP contribution is -2.43. The van der Waals surface area contributed by atoms with E-state index in [0.717, 1.165) is 37.6 Å². The topological polar surface area (TPSA) is 46.2 Å². The molecule has 2 fully saturated rings.